The molecule has 0 radical (unpaired) electrons. The minimum absolute atomic E-state index is 0.116. The van der Waals surface area contributed by atoms with Gasteiger partial charge in [0.05, 0.1) is 5.75 Å². The van der Waals surface area contributed by atoms with Gasteiger partial charge in [0.15, 0.2) is 0 Å². The molecule has 0 aromatic carbocycles. The van der Waals surface area contributed by atoms with Crippen molar-refractivity contribution in [3.8, 4) is 0 Å². The summed E-state index contributed by atoms with van der Waals surface area (Å²) in [5.41, 5.74) is 0. The smallest absolute Gasteiger partial charge is 0.225 e. The molecule has 0 spiro atoms. The van der Waals surface area contributed by atoms with Crippen LogP contribution >= 0.6 is 0 Å². The molecule has 1 aromatic rings. The van der Waals surface area contributed by atoms with Crippen LogP contribution in [0.3, 0.4) is 0 Å². The van der Waals surface area contributed by atoms with Crippen LogP contribution in [0.2, 0.25) is 0 Å². The number of sulfone groups is 1. The predicted molar refractivity (Wildman–Crippen MR) is 51.4 cm³/mol. The number of hydrogen-bond donors (Lipinski definition) is 0. The van der Waals surface area contributed by atoms with Crippen LogP contribution in [-0.4, -0.2) is 29.1 Å². The average molecular weight is 215 g/mol. The van der Waals surface area contributed by atoms with Crippen molar-refractivity contribution in [3.05, 3.63) is 12.7 Å². The molecule has 0 saturated carbocycles. The van der Waals surface area contributed by atoms with E-state index in [1.807, 2.05) is 6.92 Å². The van der Waals surface area contributed by atoms with E-state index in [1.165, 1.54) is 12.7 Å². The zero-order chi connectivity index (χ0) is 10.4. The lowest BCUT2D eigenvalue weighted by atomic mass is 10.3. The molecule has 1 aromatic heterocycles. The Morgan fingerprint density at radius 1 is 1.21 bits per heavy atom. The minimum Gasteiger partial charge on any atom is -0.225 e. The molecule has 0 bridgehead atoms. The molecular weight excluding hydrogens is 202 g/mol. The van der Waals surface area contributed by atoms with Crippen molar-refractivity contribution in [2.75, 3.05) is 5.75 Å². The summed E-state index contributed by atoms with van der Waals surface area (Å²) in [4.78, 5) is 10.8. The summed E-state index contributed by atoms with van der Waals surface area (Å²) in [5.74, 6) is 0.116. The van der Waals surface area contributed by atoms with Crippen molar-refractivity contribution in [1.82, 2.24) is 15.0 Å². The number of unbranched alkanes of at least 4 members (excludes halogenated alkanes) is 2. The van der Waals surface area contributed by atoms with Crippen LogP contribution in [0, 0.1) is 0 Å². The van der Waals surface area contributed by atoms with Gasteiger partial charge in [-0.15, -0.1) is 0 Å². The first-order chi connectivity index (χ1) is 6.67. The summed E-state index contributed by atoms with van der Waals surface area (Å²) in [6.07, 6.45) is 4.95. The zero-order valence-corrected chi connectivity index (χ0v) is 8.87. The molecule has 14 heavy (non-hydrogen) atoms. The minimum atomic E-state index is -3.29. The third-order valence-corrected chi connectivity index (χ3v) is 3.36. The first-order valence-electron chi connectivity index (χ1n) is 4.51. The lowest BCUT2D eigenvalue weighted by molar-refractivity contribution is 0.580. The van der Waals surface area contributed by atoms with Gasteiger partial charge in [-0.3, -0.25) is 0 Å². The average Bonchev–Trinajstić information content (AvgIpc) is 2.19. The topological polar surface area (TPSA) is 72.8 Å². The summed E-state index contributed by atoms with van der Waals surface area (Å²) < 4.78 is 23.1. The van der Waals surface area contributed by atoms with Gasteiger partial charge in [0.25, 0.3) is 0 Å². The summed E-state index contributed by atoms with van der Waals surface area (Å²) in [7, 11) is -3.29. The van der Waals surface area contributed by atoms with Crippen LogP contribution in [0.5, 0.6) is 0 Å². The Bertz CT molecular complexity index is 363. The van der Waals surface area contributed by atoms with Crippen molar-refractivity contribution in [2.24, 2.45) is 0 Å². The maximum Gasteiger partial charge on any atom is 0.250 e. The van der Waals surface area contributed by atoms with Gasteiger partial charge in [-0.2, -0.15) is 0 Å². The highest BCUT2D eigenvalue weighted by atomic mass is 32.2. The molecule has 0 aliphatic rings. The van der Waals surface area contributed by atoms with Crippen molar-refractivity contribution >= 4 is 9.84 Å². The summed E-state index contributed by atoms with van der Waals surface area (Å²) in [6.45, 7) is 2.02. The van der Waals surface area contributed by atoms with E-state index in [4.69, 9.17) is 0 Å². The highest BCUT2D eigenvalue weighted by Gasteiger charge is 2.16. The number of hydrogen-bond acceptors (Lipinski definition) is 5. The first-order valence-corrected chi connectivity index (χ1v) is 6.17. The molecule has 0 fully saturated rings. The zero-order valence-electron chi connectivity index (χ0n) is 8.05. The van der Waals surface area contributed by atoms with E-state index in [2.05, 4.69) is 15.0 Å². The second-order valence-electron chi connectivity index (χ2n) is 2.95. The lowest BCUT2D eigenvalue weighted by Gasteiger charge is -2.00. The van der Waals surface area contributed by atoms with Crippen LogP contribution in [0.1, 0.15) is 26.2 Å². The van der Waals surface area contributed by atoms with E-state index in [0.717, 1.165) is 12.8 Å². The Labute approximate surface area is 83.5 Å². The van der Waals surface area contributed by atoms with Crippen molar-refractivity contribution in [2.45, 2.75) is 31.3 Å². The van der Waals surface area contributed by atoms with Crippen LogP contribution in [0.4, 0.5) is 0 Å². The predicted octanol–water partition coefficient (Wildman–Crippen LogP) is 0.836. The van der Waals surface area contributed by atoms with Gasteiger partial charge in [0.2, 0.25) is 15.0 Å². The fourth-order valence-corrected chi connectivity index (χ4v) is 2.20. The molecule has 78 valence electrons. The Balaban J connectivity index is 2.67. The van der Waals surface area contributed by atoms with Crippen molar-refractivity contribution in [3.63, 3.8) is 0 Å². The molecule has 6 heteroatoms. The normalized spacial score (nSPS) is 11.5. The lowest BCUT2D eigenvalue weighted by Crippen LogP contribution is -2.10. The van der Waals surface area contributed by atoms with E-state index < -0.39 is 9.84 Å². The van der Waals surface area contributed by atoms with Gasteiger partial charge in [-0.05, 0) is 6.42 Å². The van der Waals surface area contributed by atoms with E-state index in [1.54, 1.807) is 0 Å². The molecule has 0 aliphatic carbocycles. The Hall–Kier alpha value is -1.04. The highest BCUT2D eigenvalue weighted by molar-refractivity contribution is 7.91. The van der Waals surface area contributed by atoms with E-state index in [-0.39, 0.29) is 10.9 Å². The van der Waals surface area contributed by atoms with Crippen molar-refractivity contribution < 1.29 is 8.42 Å². The van der Waals surface area contributed by atoms with Gasteiger partial charge >= 0.3 is 0 Å². The molecule has 1 heterocycles. The summed E-state index contributed by atoms with van der Waals surface area (Å²) >= 11 is 0. The van der Waals surface area contributed by atoms with E-state index in [0.29, 0.717) is 6.42 Å². The fourth-order valence-electron chi connectivity index (χ4n) is 1.02. The highest BCUT2D eigenvalue weighted by Crippen LogP contribution is 2.06. The van der Waals surface area contributed by atoms with E-state index >= 15 is 0 Å². The largest absolute Gasteiger partial charge is 0.250 e. The SMILES string of the molecule is CCCCCS(=O)(=O)c1ncncn1. The molecular formula is C8H13N3O2S. The Morgan fingerprint density at radius 3 is 2.43 bits per heavy atom. The second kappa shape index (κ2) is 4.99. The summed E-state index contributed by atoms with van der Waals surface area (Å²) in [5, 5.41) is -0.122. The maximum absolute atomic E-state index is 11.6. The van der Waals surface area contributed by atoms with E-state index in [9.17, 15) is 8.42 Å². The second-order valence-corrected chi connectivity index (χ2v) is 4.95. The van der Waals surface area contributed by atoms with Gasteiger partial charge in [-0.25, -0.2) is 23.4 Å². The molecule has 1 rings (SSSR count). The monoisotopic (exact) mass is 215 g/mol. The first kappa shape index (κ1) is 11.0. The van der Waals surface area contributed by atoms with Crippen molar-refractivity contribution in [1.29, 1.82) is 0 Å². The molecule has 5 nitrogen and oxygen atoms in total. The van der Waals surface area contributed by atoms with Crippen LogP contribution < -0.4 is 0 Å². The fraction of sp³-hybridized carbons (Fsp3) is 0.625. The number of rotatable bonds is 5. The number of nitrogens with zero attached hydrogens (tertiary/aromatic N) is 3. The Kier molecular flexibility index (Phi) is 3.94. The van der Waals surface area contributed by atoms with Crippen LogP contribution in [-0.2, 0) is 9.84 Å². The molecule has 0 saturated heterocycles. The van der Waals surface area contributed by atoms with Gasteiger partial charge < -0.3 is 0 Å². The van der Waals surface area contributed by atoms with Gasteiger partial charge in [0, 0.05) is 0 Å². The standard InChI is InChI=1S/C8H13N3O2S/c1-2-3-4-5-14(12,13)8-10-6-9-7-11-8/h6-7H,2-5H2,1H3. The quantitative estimate of drug-likeness (QED) is 0.680. The molecule has 0 unspecified atom stereocenters. The molecule has 0 atom stereocenters. The van der Waals surface area contributed by atoms with Crippen LogP contribution in [0.15, 0.2) is 17.8 Å². The van der Waals surface area contributed by atoms with Gasteiger partial charge in [0.1, 0.15) is 12.7 Å². The maximum atomic E-state index is 11.6. The summed E-state index contributed by atoms with van der Waals surface area (Å²) in [6, 6.07) is 0. The molecule has 0 N–H and O–H groups in total. The third-order valence-electron chi connectivity index (χ3n) is 1.76. The van der Waals surface area contributed by atoms with Crippen LogP contribution in [0.25, 0.3) is 0 Å². The third kappa shape index (κ3) is 3.02. The Morgan fingerprint density at radius 2 is 1.86 bits per heavy atom. The number of aromatic nitrogens is 3. The molecule has 0 amide bonds. The van der Waals surface area contributed by atoms with Gasteiger partial charge in [-0.1, -0.05) is 19.8 Å². The molecule has 0 aliphatic heterocycles.